The quantitative estimate of drug-likeness (QED) is 0.497. The molecule has 0 aliphatic heterocycles. The van der Waals surface area contributed by atoms with Gasteiger partial charge in [0.05, 0.1) is 0 Å². The zero-order valence-corrected chi connectivity index (χ0v) is 7.95. The van der Waals surface area contributed by atoms with Crippen LogP contribution in [0, 0.1) is 0 Å². The fourth-order valence-corrected chi connectivity index (χ4v) is 1.95. The van der Waals surface area contributed by atoms with Crippen LogP contribution in [0.3, 0.4) is 0 Å². The Labute approximate surface area is 70.7 Å². The summed E-state index contributed by atoms with van der Waals surface area (Å²) in [6.45, 7) is 4.62. The number of hydrogen-bond donors (Lipinski definition) is 0. The summed E-state index contributed by atoms with van der Waals surface area (Å²) in [4.78, 5) is 0. The van der Waals surface area contributed by atoms with E-state index in [4.69, 9.17) is 0 Å². The van der Waals surface area contributed by atoms with E-state index in [2.05, 4.69) is 13.8 Å². The highest BCUT2D eigenvalue weighted by atomic mass is 14.1. The van der Waals surface area contributed by atoms with Crippen molar-refractivity contribution in [2.45, 2.75) is 58.8 Å². The molecule has 0 aromatic heterocycles. The van der Waals surface area contributed by atoms with E-state index in [1.165, 1.54) is 44.9 Å². The summed E-state index contributed by atoms with van der Waals surface area (Å²) in [7, 11) is 0. The molecule has 0 nitrogen and oxygen atoms in total. The lowest BCUT2D eigenvalue weighted by molar-refractivity contribution is 0.603. The molecule has 0 heterocycles. The molecule has 0 bridgehead atoms. The monoisotopic (exact) mass is 152 g/mol. The fourth-order valence-electron chi connectivity index (χ4n) is 1.95. The molecule has 0 N–H and O–H groups in total. The molecule has 1 aliphatic carbocycles. The molecule has 1 aliphatic rings. The van der Waals surface area contributed by atoms with E-state index < -0.39 is 0 Å². The number of allylic oxidation sites excluding steroid dienone is 2. The Morgan fingerprint density at radius 3 is 2.27 bits per heavy atom. The Bertz CT molecular complexity index is 142. The molecule has 64 valence electrons. The molecule has 11 heavy (non-hydrogen) atoms. The summed E-state index contributed by atoms with van der Waals surface area (Å²) in [6.07, 6.45) is 9.79. The van der Waals surface area contributed by atoms with Gasteiger partial charge in [-0.3, -0.25) is 0 Å². The van der Waals surface area contributed by atoms with Crippen LogP contribution in [0.15, 0.2) is 11.1 Å². The van der Waals surface area contributed by atoms with Gasteiger partial charge in [-0.1, -0.05) is 30.9 Å². The second-order valence-corrected chi connectivity index (χ2v) is 3.65. The first kappa shape index (κ1) is 8.83. The van der Waals surface area contributed by atoms with Crippen molar-refractivity contribution in [3.05, 3.63) is 11.1 Å². The lowest BCUT2D eigenvalue weighted by atomic mass is 9.93. The van der Waals surface area contributed by atoms with Crippen LogP contribution in [0.5, 0.6) is 0 Å². The van der Waals surface area contributed by atoms with Crippen molar-refractivity contribution in [1.29, 1.82) is 0 Å². The Hall–Kier alpha value is -0.260. The Morgan fingerprint density at radius 1 is 1.00 bits per heavy atom. The molecular formula is C11H20. The average molecular weight is 152 g/mol. The van der Waals surface area contributed by atoms with Crippen molar-refractivity contribution in [1.82, 2.24) is 0 Å². The van der Waals surface area contributed by atoms with E-state index in [0.29, 0.717) is 0 Å². The first-order chi connectivity index (χ1) is 5.34. The minimum absolute atomic E-state index is 1.28. The maximum atomic E-state index is 2.32. The molecule has 0 amide bonds. The zero-order chi connectivity index (χ0) is 8.10. The SMILES string of the molecule is CC/C1=C(\C)CCCCCC1. The first-order valence-corrected chi connectivity index (χ1v) is 5.02. The van der Waals surface area contributed by atoms with Crippen LogP contribution in [0.25, 0.3) is 0 Å². The fraction of sp³-hybridized carbons (Fsp3) is 0.818. The molecule has 0 spiro atoms. The van der Waals surface area contributed by atoms with Gasteiger partial charge in [0.25, 0.3) is 0 Å². The van der Waals surface area contributed by atoms with E-state index >= 15 is 0 Å². The van der Waals surface area contributed by atoms with Gasteiger partial charge in [-0.25, -0.2) is 0 Å². The van der Waals surface area contributed by atoms with E-state index in [1.54, 1.807) is 11.1 Å². The summed E-state index contributed by atoms with van der Waals surface area (Å²) in [5.74, 6) is 0. The predicted molar refractivity (Wildman–Crippen MR) is 50.7 cm³/mol. The van der Waals surface area contributed by atoms with Gasteiger partial charge < -0.3 is 0 Å². The maximum Gasteiger partial charge on any atom is -0.0318 e. The van der Waals surface area contributed by atoms with E-state index in [1.807, 2.05) is 0 Å². The van der Waals surface area contributed by atoms with Gasteiger partial charge >= 0.3 is 0 Å². The third kappa shape index (κ3) is 2.69. The van der Waals surface area contributed by atoms with Gasteiger partial charge in [0.1, 0.15) is 0 Å². The lowest BCUT2D eigenvalue weighted by Crippen LogP contribution is -1.93. The normalized spacial score (nSPS) is 27.8. The smallest absolute Gasteiger partial charge is 0.0318 e. The molecular weight excluding hydrogens is 132 g/mol. The van der Waals surface area contributed by atoms with Gasteiger partial charge in [-0.2, -0.15) is 0 Å². The summed E-state index contributed by atoms with van der Waals surface area (Å²) < 4.78 is 0. The van der Waals surface area contributed by atoms with Gasteiger partial charge in [0.15, 0.2) is 0 Å². The van der Waals surface area contributed by atoms with E-state index in [9.17, 15) is 0 Å². The minimum Gasteiger partial charge on any atom is -0.0741 e. The van der Waals surface area contributed by atoms with E-state index in [-0.39, 0.29) is 0 Å². The van der Waals surface area contributed by atoms with Crippen molar-refractivity contribution in [2.75, 3.05) is 0 Å². The van der Waals surface area contributed by atoms with Gasteiger partial charge in [-0.05, 0) is 39.0 Å². The molecule has 0 heteroatoms. The molecule has 0 fully saturated rings. The molecule has 0 saturated heterocycles. The second-order valence-electron chi connectivity index (χ2n) is 3.65. The largest absolute Gasteiger partial charge is 0.0741 e. The van der Waals surface area contributed by atoms with Gasteiger partial charge in [-0.15, -0.1) is 0 Å². The average Bonchev–Trinajstić information content (AvgIpc) is 1.98. The van der Waals surface area contributed by atoms with Crippen molar-refractivity contribution in [2.24, 2.45) is 0 Å². The lowest BCUT2D eigenvalue weighted by Gasteiger charge is -2.13. The third-order valence-electron chi connectivity index (χ3n) is 2.81. The summed E-state index contributed by atoms with van der Waals surface area (Å²) >= 11 is 0. The molecule has 1 rings (SSSR count). The Balaban J connectivity index is 2.56. The summed E-state index contributed by atoms with van der Waals surface area (Å²) in [5, 5.41) is 0. The second kappa shape index (κ2) is 4.58. The molecule has 0 saturated carbocycles. The first-order valence-electron chi connectivity index (χ1n) is 5.02. The van der Waals surface area contributed by atoms with Crippen molar-refractivity contribution in [3.63, 3.8) is 0 Å². The van der Waals surface area contributed by atoms with Crippen LogP contribution in [-0.4, -0.2) is 0 Å². The third-order valence-corrected chi connectivity index (χ3v) is 2.81. The minimum atomic E-state index is 1.28. The van der Waals surface area contributed by atoms with Crippen molar-refractivity contribution < 1.29 is 0 Å². The topological polar surface area (TPSA) is 0 Å². The summed E-state index contributed by atoms with van der Waals surface area (Å²) in [5.41, 5.74) is 3.43. The van der Waals surface area contributed by atoms with Crippen LogP contribution in [0.4, 0.5) is 0 Å². The van der Waals surface area contributed by atoms with Crippen LogP contribution >= 0.6 is 0 Å². The maximum absolute atomic E-state index is 2.32. The highest BCUT2D eigenvalue weighted by Crippen LogP contribution is 2.24. The molecule has 0 radical (unpaired) electrons. The van der Waals surface area contributed by atoms with Crippen LogP contribution in [0.2, 0.25) is 0 Å². The highest BCUT2D eigenvalue weighted by Gasteiger charge is 2.04. The standard InChI is InChI=1S/C11H20/c1-3-11-9-7-5-4-6-8-10(11)2/h3-9H2,1-2H3/b11-10-. The van der Waals surface area contributed by atoms with Crippen LogP contribution in [0.1, 0.15) is 58.8 Å². The van der Waals surface area contributed by atoms with Gasteiger partial charge in [0.2, 0.25) is 0 Å². The van der Waals surface area contributed by atoms with Crippen LogP contribution < -0.4 is 0 Å². The molecule has 0 unspecified atom stereocenters. The molecule has 0 aromatic rings. The van der Waals surface area contributed by atoms with Crippen molar-refractivity contribution in [3.8, 4) is 0 Å². The number of rotatable bonds is 1. The highest BCUT2D eigenvalue weighted by molar-refractivity contribution is 5.12. The number of hydrogen-bond acceptors (Lipinski definition) is 0. The van der Waals surface area contributed by atoms with Crippen molar-refractivity contribution >= 4 is 0 Å². The zero-order valence-electron chi connectivity index (χ0n) is 7.95. The molecule has 0 aromatic carbocycles. The van der Waals surface area contributed by atoms with E-state index in [0.717, 1.165) is 0 Å². The predicted octanol–water partition coefficient (Wildman–Crippen LogP) is 4.07. The Morgan fingerprint density at radius 2 is 1.64 bits per heavy atom. The molecule has 0 atom stereocenters. The summed E-state index contributed by atoms with van der Waals surface area (Å²) in [6, 6.07) is 0. The van der Waals surface area contributed by atoms with Gasteiger partial charge in [0, 0.05) is 0 Å². The van der Waals surface area contributed by atoms with Crippen LogP contribution in [-0.2, 0) is 0 Å². The Kier molecular flexibility index (Phi) is 3.68.